The number of ether oxygens (including phenoxy) is 1. The van der Waals surface area contributed by atoms with Gasteiger partial charge >= 0.3 is 0 Å². The second-order valence-corrected chi connectivity index (χ2v) is 7.36. The zero-order valence-electron chi connectivity index (χ0n) is 12.6. The number of carbonyl (C=O) groups excluding carboxylic acids is 1. The number of aromatic nitrogens is 2. The lowest BCUT2D eigenvalue weighted by atomic mass is 9.82. The summed E-state index contributed by atoms with van der Waals surface area (Å²) >= 11 is 1.61. The Bertz CT molecular complexity index is 560. The summed E-state index contributed by atoms with van der Waals surface area (Å²) in [6.45, 7) is 6.28. The van der Waals surface area contributed by atoms with E-state index in [1.165, 1.54) is 5.06 Å². The summed E-state index contributed by atoms with van der Waals surface area (Å²) in [4.78, 5) is 20.3. The minimum atomic E-state index is -0.101. The number of anilines is 1. The Morgan fingerprint density at radius 1 is 1.32 bits per heavy atom. The van der Waals surface area contributed by atoms with Crippen molar-refractivity contribution >= 4 is 22.4 Å². The molecule has 1 aromatic heterocycles. The molecule has 0 saturated carbocycles. The predicted octanol–water partition coefficient (Wildman–Crippen LogP) is 0.709. The largest absolute Gasteiger partial charge is 0.380 e. The molecule has 0 spiro atoms. The third kappa shape index (κ3) is 2.49. The van der Waals surface area contributed by atoms with Gasteiger partial charge in [-0.3, -0.25) is 9.63 Å². The van der Waals surface area contributed by atoms with Crippen LogP contribution in [0.15, 0.2) is 0 Å². The first-order valence-corrected chi connectivity index (χ1v) is 8.61. The lowest BCUT2D eigenvalue weighted by molar-refractivity contribution is -0.181. The molecule has 4 rings (SSSR count). The van der Waals surface area contributed by atoms with E-state index in [-0.39, 0.29) is 11.8 Å². The number of carbonyl (C=O) groups is 1. The van der Waals surface area contributed by atoms with Gasteiger partial charge in [0.25, 0.3) is 5.91 Å². The van der Waals surface area contributed by atoms with Crippen molar-refractivity contribution in [2.24, 2.45) is 17.8 Å². The maximum Gasteiger partial charge on any atom is 0.251 e. The van der Waals surface area contributed by atoms with E-state index in [0.29, 0.717) is 31.6 Å². The third-order valence-electron chi connectivity index (χ3n) is 4.74. The number of aryl methyl sites for hydroxylation is 1. The van der Waals surface area contributed by atoms with Crippen molar-refractivity contribution in [3.63, 3.8) is 0 Å². The van der Waals surface area contributed by atoms with Crippen molar-refractivity contribution < 1.29 is 14.4 Å². The Labute approximate surface area is 133 Å². The van der Waals surface area contributed by atoms with Crippen LogP contribution < -0.4 is 4.90 Å². The lowest BCUT2D eigenvalue weighted by Gasteiger charge is -2.33. The summed E-state index contributed by atoms with van der Waals surface area (Å²) in [5.74, 6) is 0.683. The first kappa shape index (κ1) is 14.3. The van der Waals surface area contributed by atoms with Crippen molar-refractivity contribution in [3.8, 4) is 0 Å². The van der Waals surface area contributed by atoms with E-state index in [4.69, 9.17) is 9.57 Å². The van der Waals surface area contributed by atoms with E-state index in [2.05, 4.69) is 15.1 Å². The van der Waals surface area contributed by atoms with Crippen molar-refractivity contribution in [2.75, 3.05) is 44.4 Å². The molecule has 3 saturated heterocycles. The number of hydrogen-bond acceptors (Lipinski definition) is 7. The summed E-state index contributed by atoms with van der Waals surface area (Å²) in [7, 11) is 0. The summed E-state index contributed by atoms with van der Waals surface area (Å²) < 4.78 is 5.70. The minimum absolute atomic E-state index is 0.0856. The van der Waals surface area contributed by atoms with Crippen molar-refractivity contribution in [2.45, 2.75) is 13.3 Å². The van der Waals surface area contributed by atoms with Crippen LogP contribution in [0.2, 0.25) is 0 Å². The van der Waals surface area contributed by atoms with E-state index in [1.54, 1.807) is 11.3 Å². The van der Waals surface area contributed by atoms with Crippen molar-refractivity contribution in [1.82, 2.24) is 15.3 Å². The molecule has 22 heavy (non-hydrogen) atoms. The van der Waals surface area contributed by atoms with Crippen LogP contribution in [0.5, 0.6) is 0 Å². The van der Waals surface area contributed by atoms with Gasteiger partial charge in [0.2, 0.25) is 5.13 Å². The van der Waals surface area contributed by atoms with Gasteiger partial charge in [0.1, 0.15) is 5.01 Å². The van der Waals surface area contributed by atoms with Gasteiger partial charge in [0.05, 0.1) is 32.3 Å². The Balaban J connectivity index is 1.50. The van der Waals surface area contributed by atoms with Crippen LogP contribution in [0.3, 0.4) is 0 Å². The normalized spacial score (nSPS) is 31.6. The maximum atomic E-state index is 12.7. The molecule has 1 aromatic rings. The van der Waals surface area contributed by atoms with E-state index in [9.17, 15) is 4.79 Å². The number of hydrogen-bond donors (Lipinski definition) is 0. The standard InChI is InChI=1S/C14H20N4O3S/c1-9-15-16-14(22-9)17-5-10-7-20-8-12(11(10)6-17)13(19)18-3-2-4-21-18/h10-12H,2-8H2,1H3/t10-,11-,12-/m1/s1. The second-order valence-electron chi connectivity index (χ2n) is 6.20. The van der Waals surface area contributed by atoms with E-state index in [0.717, 1.165) is 36.3 Å². The maximum absolute atomic E-state index is 12.7. The van der Waals surface area contributed by atoms with Crippen LogP contribution in [-0.2, 0) is 14.4 Å². The fourth-order valence-corrected chi connectivity index (χ4v) is 4.34. The van der Waals surface area contributed by atoms with Crippen LogP contribution in [-0.4, -0.2) is 60.6 Å². The number of fused-ring (bicyclic) bond motifs is 1. The third-order valence-corrected chi connectivity index (χ3v) is 5.64. The quantitative estimate of drug-likeness (QED) is 0.798. The van der Waals surface area contributed by atoms with Gasteiger partial charge in [-0.25, -0.2) is 5.06 Å². The highest BCUT2D eigenvalue weighted by atomic mass is 32.1. The molecular weight excluding hydrogens is 304 g/mol. The molecule has 0 aromatic carbocycles. The molecule has 0 unspecified atom stereocenters. The van der Waals surface area contributed by atoms with Crippen LogP contribution in [0.25, 0.3) is 0 Å². The molecule has 7 nitrogen and oxygen atoms in total. The van der Waals surface area contributed by atoms with Gasteiger partial charge in [-0.2, -0.15) is 0 Å². The zero-order chi connectivity index (χ0) is 15.1. The molecule has 3 atom stereocenters. The highest BCUT2D eigenvalue weighted by Crippen LogP contribution is 2.38. The molecule has 0 radical (unpaired) electrons. The Morgan fingerprint density at radius 3 is 2.95 bits per heavy atom. The van der Waals surface area contributed by atoms with Gasteiger partial charge < -0.3 is 9.64 Å². The van der Waals surface area contributed by atoms with Gasteiger partial charge in [-0.1, -0.05) is 11.3 Å². The molecule has 120 valence electrons. The Morgan fingerprint density at radius 2 is 2.23 bits per heavy atom. The predicted molar refractivity (Wildman–Crippen MR) is 80.4 cm³/mol. The second kappa shape index (κ2) is 5.75. The average molecular weight is 324 g/mol. The van der Waals surface area contributed by atoms with Crippen molar-refractivity contribution in [3.05, 3.63) is 5.01 Å². The van der Waals surface area contributed by atoms with E-state index in [1.807, 2.05) is 6.92 Å². The first-order valence-electron chi connectivity index (χ1n) is 7.79. The summed E-state index contributed by atoms with van der Waals surface area (Å²) in [6.07, 6.45) is 0.920. The molecule has 3 fully saturated rings. The molecule has 3 aliphatic heterocycles. The van der Waals surface area contributed by atoms with Crippen molar-refractivity contribution in [1.29, 1.82) is 0 Å². The summed E-state index contributed by atoms with van der Waals surface area (Å²) in [5.41, 5.74) is 0. The van der Waals surface area contributed by atoms with Crippen LogP contribution >= 0.6 is 11.3 Å². The monoisotopic (exact) mass is 324 g/mol. The van der Waals surface area contributed by atoms with Gasteiger partial charge in [-0.15, -0.1) is 10.2 Å². The molecule has 4 heterocycles. The van der Waals surface area contributed by atoms with Crippen LogP contribution in [0.4, 0.5) is 5.13 Å². The SMILES string of the molecule is Cc1nnc(N2C[C@@H]3COC[C@@H](C(=O)N4CCCO4)[C@@H]3C2)s1. The summed E-state index contributed by atoms with van der Waals surface area (Å²) in [5, 5.41) is 11.8. The highest BCUT2D eigenvalue weighted by molar-refractivity contribution is 7.15. The fourth-order valence-electron chi connectivity index (χ4n) is 3.63. The molecule has 1 amide bonds. The smallest absolute Gasteiger partial charge is 0.251 e. The van der Waals surface area contributed by atoms with E-state index < -0.39 is 0 Å². The average Bonchev–Trinajstić information content (AvgIpc) is 3.25. The molecule has 3 aliphatic rings. The number of hydroxylamine groups is 2. The molecule has 0 aliphatic carbocycles. The topological polar surface area (TPSA) is 67.8 Å². The van der Waals surface area contributed by atoms with Gasteiger partial charge in [0.15, 0.2) is 0 Å². The van der Waals surface area contributed by atoms with E-state index >= 15 is 0 Å². The fraction of sp³-hybridized carbons (Fsp3) is 0.786. The summed E-state index contributed by atoms with van der Waals surface area (Å²) in [6, 6.07) is 0. The molecule has 0 N–H and O–H groups in total. The van der Waals surface area contributed by atoms with Crippen LogP contribution in [0, 0.1) is 24.7 Å². The molecular formula is C14H20N4O3S. The molecule has 8 heteroatoms. The number of nitrogens with zero attached hydrogens (tertiary/aromatic N) is 4. The zero-order valence-corrected chi connectivity index (χ0v) is 13.4. The van der Waals surface area contributed by atoms with Crippen LogP contribution in [0.1, 0.15) is 11.4 Å². The van der Waals surface area contributed by atoms with Gasteiger partial charge in [0, 0.05) is 19.0 Å². The minimum Gasteiger partial charge on any atom is -0.380 e. The number of rotatable bonds is 2. The molecule has 0 bridgehead atoms. The van der Waals surface area contributed by atoms with Gasteiger partial charge in [-0.05, 0) is 19.3 Å². The first-order chi connectivity index (χ1) is 10.7. The Hall–Kier alpha value is -1.25. The lowest BCUT2D eigenvalue weighted by Crippen LogP contribution is -2.45. The highest BCUT2D eigenvalue weighted by Gasteiger charge is 2.46. The number of amides is 1. The Kier molecular flexibility index (Phi) is 3.75.